The van der Waals surface area contributed by atoms with Gasteiger partial charge in [0.2, 0.25) is 0 Å². The Morgan fingerprint density at radius 2 is 2.06 bits per heavy atom. The van der Waals surface area contributed by atoms with Gasteiger partial charge in [0, 0.05) is 11.6 Å². The van der Waals surface area contributed by atoms with Crippen LogP contribution < -0.4 is 5.73 Å². The van der Waals surface area contributed by atoms with Gasteiger partial charge < -0.3 is 10.6 Å². The minimum atomic E-state index is 0.840. The molecule has 2 rings (SSSR count). The molecule has 2 nitrogen and oxygen atoms in total. The van der Waals surface area contributed by atoms with Crippen LogP contribution in [0.25, 0.3) is 0 Å². The van der Waals surface area contributed by atoms with Crippen molar-refractivity contribution in [3.8, 4) is 0 Å². The van der Waals surface area contributed by atoms with Gasteiger partial charge in [-0.05, 0) is 68.9 Å². The maximum atomic E-state index is 5.99. The van der Waals surface area contributed by atoms with E-state index >= 15 is 0 Å². The van der Waals surface area contributed by atoms with E-state index in [0.29, 0.717) is 0 Å². The molecule has 0 unspecified atom stereocenters. The fourth-order valence-electron chi connectivity index (χ4n) is 2.71. The molecule has 1 aliphatic heterocycles. The lowest BCUT2D eigenvalue weighted by atomic mass is 9.93. The van der Waals surface area contributed by atoms with Crippen molar-refractivity contribution in [2.75, 3.05) is 26.2 Å². The molecule has 0 saturated carbocycles. The SMILES string of the molecule is NCCC1CCN(CCc2cccc(Cl)c2)CC1. The van der Waals surface area contributed by atoms with Crippen LogP contribution in [0.2, 0.25) is 5.02 Å². The van der Waals surface area contributed by atoms with Crippen LogP contribution in [0, 0.1) is 5.92 Å². The van der Waals surface area contributed by atoms with E-state index in [1.165, 1.54) is 37.9 Å². The molecule has 18 heavy (non-hydrogen) atoms. The average molecular weight is 267 g/mol. The Morgan fingerprint density at radius 3 is 2.72 bits per heavy atom. The number of hydrogen-bond donors (Lipinski definition) is 1. The summed E-state index contributed by atoms with van der Waals surface area (Å²) >= 11 is 5.99. The number of hydrogen-bond acceptors (Lipinski definition) is 2. The van der Waals surface area contributed by atoms with E-state index in [2.05, 4.69) is 17.0 Å². The number of nitrogens with zero attached hydrogens (tertiary/aromatic N) is 1. The van der Waals surface area contributed by atoms with Crippen molar-refractivity contribution in [2.24, 2.45) is 11.7 Å². The van der Waals surface area contributed by atoms with Gasteiger partial charge in [0.05, 0.1) is 0 Å². The van der Waals surface area contributed by atoms with E-state index in [4.69, 9.17) is 17.3 Å². The molecule has 1 saturated heterocycles. The van der Waals surface area contributed by atoms with Gasteiger partial charge in [0.1, 0.15) is 0 Å². The van der Waals surface area contributed by atoms with Gasteiger partial charge >= 0.3 is 0 Å². The van der Waals surface area contributed by atoms with Crippen LogP contribution >= 0.6 is 11.6 Å². The Bertz CT molecular complexity index is 359. The number of nitrogens with two attached hydrogens (primary N) is 1. The molecular weight excluding hydrogens is 244 g/mol. The van der Waals surface area contributed by atoms with Gasteiger partial charge in [-0.2, -0.15) is 0 Å². The molecule has 1 fully saturated rings. The first-order chi connectivity index (χ1) is 8.78. The highest BCUT2D eigenvalue weighted by atomic mass is 35.5. The predicted octanol–water partition coefficient (Wildman–Crippen LogP) is 2.94. The summed E-state index contributed by atoms with van der Waals surface area (Å²) in [4.78, 5) is 2.56. The quantitative estimate of drug-likeness (QED) is 0.888. The second-order valence-electron chi connectivity index (χ2n) is 5.24. The molecule has 0 amide bonds. The van der Waals surface area contributed by atoms with Crippen molar-refractivity contribution in [3.05, 3.63) is 34.9 Å². The van der Waals surface area contributed by atoms with Crippen LogP contribution in [0.4, 0.5) is 0 Å². The van der Waals surface area contributed by atoms with E-state index in [1.807, 2.05) is 12.1 Å². The molecule has 2 N–H and O–H groups in total. The number of piperidine rings is 1. The van der Waals surface area contributed by atoms with Crippen molar-refractivity contribution in [1.82, 2.24) is 4.90 Å². The zero-order valence-electron chi connectivity index (χ0n) is 10.9. The lowest BCUT2D eigenvalue weighted by Crippen LogP contribution is -2.35. The molecule has 3 heteroatoms. The summed E-state index contributed by atoms with van der Waals surface area (Å²) in [6, 6.07) is 8.20. The topological polar surface area (TPSA) is 29.3 Å². The molecule has 0 aliphatic carbocycles. The standard InChI is InChI=1S/C15H23ClN2/c16-15-3-1-2-14(12-15)7-11-18-9-5-13(4-8-17)6-10-18/h1-3,12-13H,4-11,17H2. The normalized spacial score (nSPS) is 18.1. The molecule has 1 aromatic rings. The summed E-state index contributed by atoms with van der Waals surface area (Å²) in [6.45, 7) is 4.44. The van der Waals surface area contributed by atoms with Crippen LogP contribution in [-0.2, 0) is 6.42 Å². The molecule has 0 spiro atoms. The largest absolute Gasteiger partial charge is 0.330 e. The van der Waals surface area contributed by atoms with Crippen molar-refractivity contribution in [3.63, 3.8) is 0 Å². The predicted molar refractivity (Wildman–Crippen MR) is 78.0 cm³/mol. The van der Waals surface area contributed by atoms with Gasteiger partial charge in [0.25, 0.3) is 0 Å². The first-order valence-electron chi connectivity index (χ1n) is 6.95. The van der Waals surface area contributed by atoms with E-state index in [-0.39, 0.29) is 0 Å². The van der Waals surface area contributed by atoms with Crippen LogP contribution in [0.5, 0.6) is 0 Å². The van der Waals surface area contributed by atoms with Crippen LogP contribution in [-0.4, -0.2) is 31.1 Å². The average Bonchev–Trinajstić information content (AvgIpc) is 2.38. The van der Waals surface area contributed by atoms with Crippen molar-refractivity contribution in [2.45, 2.75) is 25.7 Å². The van der Waals surface area contributed by atoms with Gasteiger partial charge in [-0.25, -0.2) is 0 Å². The molecule has 0 atom stereocenters. The number of rotatable bonds is 5. The molecule has 0 aromatic heterocycles. The summed E-state index contributed by atoms with van der Waals surface area (Å²) in [5.74, 6) is 0.859. The monoisotopic (exact) mass is 266 g/mol. The highest BCUT2D eigenvalue weighted by molar-refractivity contribution is 6.30. The molecular formula is C15H23ClN2. The Balaban J connectivity index is 1.72. The van der Waals surface area contributed by atoms with Crippen LogP contribution in [0.1, 0.15) is 24.8 Å². The van der Waals surface area contributed by atoms with Crippen molar-refractivity contribution < 1.29 is 0 Å². The zero-order valence-corrected chi connectivity index (χ0v) is 11.7. The fraction of sp³-hybridized carbons (Fsp3) is 0.600. The Kier molecular flexibility index (Phi) is 5.48. The van der Waals surface area contributed by atoms with Gasteiger partial charge in [-0.1, -0.05) is 23.7 Å². The third-order valence-corrected chi connectivity index (χ3v) is 4.12. The number of likely N-dealkylation sites (tertiary alicyclic amines) is 1. The second kappa shape index (κ2) is 7.13. The summed E-state index contributed by atoms with van der Waals surface area (Å²) < 4.78 is 0. The highest BCUT2D eigenvalue weighted by Gasteiger charge is 2.17. The van der Waals surface area contributed by atoms with Crippen LogP contribution in [0.15, 0.2) is 24.3 Å². The number of halogens is 1. The molecule has 1 aliphatic rings. The Morgan fingerprint density at radius 1 is 1.28 bits per heavy atom. The molecule has 100 valence electrons. The molecule has 1 aromatic carbocycles. The first-order valence-corrected chi connectivity index (χ1v) is 7.32. The van der Waals surface area contributed by atoms with Gasteiger partial charge in [-0.15, -0.1) is 0 Å². The van der Waals surface area contributed by atoms with Crippen molar-refractivity contribution in [1.29, 1.82) is 0 Å². The summed E-state index contributed by atoms with van der Waals surface area (Å²) in [7, 11) is 0. The fourth-order valence-corrected chi connectivity index (χ4v) is 2.93. The third-order valence-electron chi connectivity index (χ3n) is 3.89. The van der Waals surface area contributed by atoms with E-state index < -0.39 is 0 Å². The molecule has 0 radical (unpaired) electrons. The number of benzene rings is 1. The van der Waals surface area contributed by atoms with Gasteiger partial charge in [-0.3, -0.25) is 0 Å². The lowest BCUT2D eigenvalue weighted by molar-refractivity contribution is 0.182. The summed E-state index contributed by atoms with van der Waals surface area (Å²) in [5.41, 5.74) is 6.96. The highest BCUT2D eigenvalue weighted by Crippen LogP contribution is 2.20. The maximum absolute atomic E-state index is 5.99. The second-order valence-corrected chi connectivity index (χ2v) is 5.68. The van der Waals surface area contributed by atoms with E-state index in [1.54, 1.807) is 0 Å². The summed E-state index contributed by atoms with van der Waals surface area (Å²) in [5, 5.41) is 0.842. The zero-order chi connectivity index (χ0) is 12.8. The van der Waals surface area contributed by atoms with Crippen molar-refractivity contribution >= 4 is 11.6 Å². The lowest BCUT2D eigenvalue weighted by Gasteiger charge is -2.31. The van der Waals surface area contributed by atoms with E-state index in [9.17, 15) is 0 Å². The molecule has 1 heterocycles. The van der Waals surface area contributed by atoms with E-state index in [0.717, 1.165) is 30.5 Å². The first kappa shape index (κ1) is 13.9. The smallest absolute Gasteiger partial charge is 0.0408 e. The van der Waals surface area contributed by atoms with Gasteiger partial charge in [0.15, 0.2) is 0 Å². The minimum absolute atomic E-state index is 0.840. The summed E-state index contributed by atoms with van der Waals surface area (Å²) in [6.07, 6.45) is 4.92. The maximum Gasteiger partial charge on any atom is 0.0408 e. The third kappa shape index (κ3) is 4.27. The van der Waals surface area contributed by atoms with Crippen LogP contribution in [0.3, 0.4) is 0 Å². The Labute approximate surface area is 115 Å². The Hall–Kier alpha value is -0.570. The minimum Gasteiger partial charge on any atom is -0.330 e. The molecule has 0 bridgehead atoms.